The van der Waals surface area contributed by atoms with Gasteiger partial charge in [0.1, 0.15) is 21.0 Å². The highest BCUT2D eigenvalue weighted by atomic mass is 35.5. The summed E-state index contributed by atoms with van der Waals surface area (Å²) in [6.07, 6.45) is 4.71. The van der Waals surface area contributed by atoms with Crippen LogP contribution in [0.15, 0.2) is 18.3 Å². The molecule has 198 valence electrons. The smallest absolute Gasteiger partial charge is 0.224 e. The molecule has 10 nitrogen and oxygen atoms in total. The maximum Gasteiger partial charge on any atom is 0.224 e. The highest BCUT2D eigenvalue weighted by Crippen LogP contribution is 2.37. The molecule has 2 aliphatic rings. The second kappa shape index (κ2) is 10.0. The number of hydrogen-bond acceptors (Lipinski definition) is 8. The number of carbonyl (C=O) groups excluding carboxylic acids is 1. The van der Waals surface area contributed by atoms with Gasteiger partial charge in [-0.1, -0.05) is 11.6 Å². The number of nitrogens with zero attached hydrogens (tertiary/aromatic N) is 4. The summed E-state index contributed by atoms with van der Waals surface area (Å²) in [7, 11) is -3.02. The number of carbonyl (C=O) groups is 1. The molecule has 2 aromatic heterocycles. The molecule has 1 saturated carbocycles. The number of anilines is 3. The summed E-state index contributed by atoms with van der Waals surface area (Å²) in [4.78, 5) is 25.2. The molecule has 14 heteroatoms. The maximum absolute atomic E-state index is 14.6. The first-order valence-electron chi connectivity index (χ1n) is 12.0. The Morgan fingerprint density at radius 1 is 1.05 bits per heavy atom. The number of imidazole rings is 1. The van der Waals surface area contributed by atoms with Crippen LogP contribution in [0.25, 0.3) is 11.2 Å². The van der Waals surface area contributed by atoms with Crippen LogP contribution in [-0.2, 0) is 14.6 Å². The largest absolute Gasteiger partial charge is 0.369 e. The van der Waals surface area contributed by atoms with Crippen LogP contribution in [0.2, 0.25) is 5.02 Å². The van der Waals surface area contributed by atoms with Gasteiger partial charge in [0.05, 0.1) is 17.7 Å². The van der Waals surface area contributed by atoms with E-state index in [2.05, 4.69) is 25.6 Å². The van der Waals surface area contributed by atoms with Crippen LogP contribution in [0.3, 0.4) is 0 Å². The average molecular weight is 554 g/mol. The van der Waals surface area contributed by atoms with Crippen molar-refractivity contribution in [3.8, 4) is 0 Å². The fourth-order valence-corrected chi connectivity index (χ4v) is 6.69. The minimum absolute atomic E-state index is 0.0732. The average Bonchev–Trinajstić information content (AvgIpc) is 3.20. The third-order valence-electron chi connectivity index (χ3n) is 7.03. The number of sulfone groups is 1. The van der Waals surface area contributed by atoms with Crippen molar-refractivity contribution in [3.05, 3.63) is 35.0 Å². The number of primary amides is 1. The number of fused-ring (bicyclic) bond motifs is 1. The van der Waals surface area contributed by atoms with Crippen LogP contribution in [0.4, 0.5) is 26.4 Å². The quantitative estimate of drug-likeness (QED) is 0.419. The van der Waals surface area contributed by atoms with Crippen LogP contribution < -0.4 is 16.4 Å². The molecular weight excluding hydrogens is 528 g/mol. The van der Waals surface area contributed by atoms with Gasteiger partial charge in [0, 0.05) is 23.0 Å². The summed E-state index contributed by atoms with van der Waals surface area (Å²) >= 11 is 5.77. The van der Waals surface area contributed by atoms with Crippen molar-refractivity contribution in [2.75, 3.05) is 22.1 Å². The molecule has 0 spiro atoms. The molecule has 2 fully saturated rings. The van der Waals surface area contributed by atoms with E-state index in [1.807, 2.05) is 0 Å². The Balaban J connectivity index is 1.50. The van der Waals surface area contributed by atoms with Crippen molar-refractivity contribution in [3.63, 3.8) is 0 Å². The van der Waals surface area contributed by atoms with Crippen molar-refractivity contribution in [1.29, 1.82) is 0 Å². The van der Waals surface area contributed by atoms with Crippen LogP contribution in [0, 0.1) is 17.6 Å². The van der Waals surface area contributed by atoms with Gasteiger partial charge < -0.3 is 16.4 Å². The lowest BCUT2D eigenvalue weighted by atomic mass is 9.85. The summed E-state index contributed by atoms with van der Waals surface area (Å²) in [6.45, 7) is 0. The van der Waals surface area contributed by atoms with Gasteiger partial charge in [-0.05, 0) is 50.7 Å². The lowest BCUT2D eigenvalue weighted by Crippen LogP contribution is -2.32. The zero-order chi connectivity index (χ0) is 26.3. The monoisotopic (exact) mass is 553 g/mol. The Kier molecular flexibility index (Phi) is 6.92. The molecule has 3 aromatic rings. The first kappa shape index (κ1) is 25.6. The van der Waals surface area contributed by atoms with Gasteiger partial charge >= 0.3 is 0 Å². The molecule has 0 radical (unpaired) electrons. The van der Waals surface area contributed by atoms with Gasteiger partial charge in [-0.3, -0.25) is 9.36 Å². The summed E-state index contributed by atoms with van der Waals surface area (Å²) in [5.41, 5.74) is 5.95. The van der Waals surface area contributed by atoms with Gasteiger partial charge in [-0.25, -0.2) is 27.2 Å². The summed E-state index contributed by atoms with van der Waals surface area (Å²) in [6, 6.07) is 1.75. The molecular formula is C23H26ClF2N7O3S. The van der Waals surface area contributed by atoms with E-state index in [1.54, 1.807) is 4.57 Å². The SMILES string of the molecule is NC(=O)[C@H]1CC[C@H](n2c(Nc3c(F)cc(Cl)cc3F)nc3cnc(NC4CCS(=O)(=O)CC4)nc32)CC1. The van der Waals surface area contributed by atoms with Crippen LogP contribution in [0.1, 0.15) is 44.6 Å². The Morgan fingerprint density at radius 2 is 1.70 bits per heavy atom. The molecule has 37 heavy (non-hydrogen) atoms. The highest BCUT2D eigenvalue weighted by Gasteiger charge is 2.30. The number of benzene rings is 1. The van der Waals surface area contributed by atoms with Gasteiger partial charge in [0.25, 0.3) is 0 Å². The first-order valence-corrected chi connectivity index (χ1v) is 14.2. The van der Waals surface area contributed by atoms with E-state index < -0.39 is 27.2 Å². The molecule has 1 aliphatic carbocycles. The topological polar surface area (TPSA) is 145 Å². The fourth-order valence-electron chi connectivity index (χ4n) is 5.00. The lowest BCUT2D eigenvalue weighted by Gasteiger charge is -2.29. The first-order chi connectivity index (χ1) is 17.6. The third-order valence-corrected chi connectivity index (χ3v) is 8.96. The van der Waals surface area contributed by atoms with Crippen LogP contribution in [-0.4, -0.2) is 51.4 Å². The van der Waals surface area contributed by atoms with Gasteiger partial charge in [-0.2, -0.15) is 4.98 Å². The van der Waals surface area contributed by atoms with E-state index in [4.69, 9.17) is 17.3 Å². The minimum Gasteiger partial charge on any atom is -0.369 e. The molecule has 3 heterocycles. The lowest BCUT2D eigenvalue weighted by molar-refractivity contribution is -0.122. The molecule has 1 saturated heterocycles. The highest BCUT2D eigenvalue weighted by molar-refractivity contribution is 7.91. The van der Waals surface area contributed by atoms with Crippen LogP contribution >= 0.6 is 11.6 Å². The Morgan fingerprint density at radius 3 is 2.32 bits per heavy atom. The van der Waals surface area contributed by atoms with E-state index in [9.17, 15) is 22.0 Å². The fraction of sp³-hybridized carbons (Fsp3) is 0.478. The summed E-state index contributed by atoms with van der Waals surface area (Å²) in [5.74, 6) is -1.65. The number of halogens is 3. The van der Waals surface area contributed by atoms with E-state index in [1.165, 1.54) is 6.20 Å². The number of rotatable bonds is 6. The second-order valence-electron chi connectivity index (χ2n) is 9.56. The molecule has 0 bridgehead atoms. The summed E-state index contributed by atoms with van der Waals surface area (Å²) in [5, 5.41) is 5.89. The van der Waals surface area contributed by atoms with Crippen molar-refractivity contribution in [2.24, 2.45) is 11.7 Å². The van der Waals surface area contributed by atoms with E-state index in [0.29, 0.717) is 55.6 Å². The zero-order valence-corrected chi connectivity index (χ0v) is 21.3. The molecule has 1 aromatic carbocycles. The van der Waals surface area contributed by atoms with Gasteiger partial charge in [-0.15, -0.1) is 0 Å². The number of hydrogen-bond donors (Lipinski definition) is 3. The Hall–Kier alpha value is -3.06. The standard InChI is InChI=1S/C23H26ClF2N7O3S/c24-13-9-16(25)19(17(26)10-13)31-23-30-18-11-28-22(29-14-5-7-37(35,36)8-6-14)32-21(18)33(23)15-3-1-12(2-4-15)20(27)34/h9-12,14-15H,1-8H2,(H2,27,34)(H,30,31)(H,28,29,32)/t12-,15-. The second-order valence-corrected chi connectivity index (χ2v) is 12.3. The summed E-state index contributed by atoms with van der Waals surface area (Å²) < 4.78 is 54.5. The molecule has 4 N–H and O–H groups in total. The van der Waals surface area contributed by atoms with Crippen LogP contribution in [0.5, 0.6) is 0 Å². The van der Waals surface area contributed by atoms with E-state index in [-0.39, 0.29) is 46.4 Å². The molecule has 0 unspecified atom stereocenters. The molecule has 1 amide bonds. The number of nitrogens with two attached hydrogens (primary N) is 1. The number of amides is 1. The van der Waals surface area contributed by atoms with Gasteiger partial charge in [0.2, 0.25) is 17.8 Å². The van der Waals surface area contributed by atoms with Crippen molar-refractivity contribution >= 4 is 56.1 Å². The minimum atomic E-state index is -3.02. The van der Waals surface area contributed by atoms with Gasteiger partial charge in [0.15, 0.2) is 17.3 Å². The number of aromatic nitrogens is 4. The van der Waals surface area contributed by atoms with E-state index >= 15 is 0 Å². The van der Waals surface area contributed by atoms with Crippen molar-refractivity contribution < 1.29 is 22.0 Å². The maximum atomic E-state index is 14.6. The zero-order valence-electron chi connectivity index (χ0n) is 19.8. The van der Waals surface area contributed by atoms with Crippen molar-refractivity contribution in [2.45, 2.75) is 50.6 Å². The molecule has 5 rings (SSSR count). The molecule has 0 atom stereocenters. The predicted octanol–water partition coefficient (Wildman–Crippen LogP) is 3.71. The van der Waals surface area contributed by atoms with E-state index in [0.717, 1.165) is 12.1 Å². The Bertz CT molecular complexity index is 1420. The Labute approximate surface area is 216 Å². The number of nitrogens with one attached hydrogen (secondary N) is 2. The normalized spacial score (nSPS) is 22.1. The third kappa shape index (κ3) is 5.47. The predicted molar refractivity (Wildman–Crippen MR) is 135 cm³/mol. The van der Waals surface area contributed by atoms with Crippen molar-refractivity contribution in [1.82, 2.24) is 19.5 Å². The molecule has 1 aliphatic heterocycles.